The molecule has 1 aliphatic rings. The maximum atomic E-state index is 4.69. The van der Waals surface area contributed by atoms with Crippen LogP contribution in [0.5, 0.6) is 0 Å². The van der Waals surface area contributed by atoms with Crippen LogP contribution < -0.4 is 10.6 Å². The number of aromatic nitrogens is 1. The molecule has 0 radical (unpaired) electrons. The molecule has 2 heterocycles. The van der Waals surface area contributed by atoms with Crippen molar-refractivity contribution in [3.8, 4) is 0 Å². The van der Waals surface area contributed by atoms with Crippen LogP contribution in [0.25, 0.3) is 0 Å². The van der Waals surface area contributed by atoms with Gasteiger partial charge >= 0.3 is 0 Å². The molecule has 0 aliphatic carbocycles. The Bertz CT molecular complexity index is 754. The van der Waals surface area contributed by atoms with Crippen molar-refractivity contribution in [3.05, 3.63) is 52.0 Å². The fourth-order valence-corrected chi connectivity index (χ4v) is 4.44. The number of thiazole rings is 1. The molecule has 0 bridgehead atoms. The van der Waals surface area contributed by atoms with Crippen molar-refractivity contribution in [2.45, 2.75) is 58.2 Å². The molecule has 1 saturated heterocycles. The van der Waals surface area contributed by atoms with Gasteiger partial charge in [-0.25, -0.2) is 4.98 Å². The van der Waals surface area contributed by atoms with Crippen LogP contribution in [0.4, 0.5) is 0 Å². The smallest absolute Gasteiger partial charge is 0.191 e. The van der Waals surface area contributed by atoms with Crippen molar-refractivity contribution in [2.24, 2.45) is 4.99 Å². The first-order valence-electron chi connectivity index (χ1n) is 10.3. The maximum Gasteiger partial charge on any atom is 0.191 e. The van der Waals surface area contributed by atoms with Crippen LogP contribution in [0.2, 0.25) is 0 Å². The minimum absolute atomic E-state index is 0. The Morgan fingerprint density at radius 3 is 2.48 bits per heavy atom. The molecule has 5 nitrogen and oxygen atoms in total. The second-order valence-electron chi connectivity index (χ2n) is 7.80. The van der Waals surface area contributed by atoms with Gasteiger partial charge in [0.2, 0.25) is 0 Å². The number of likely N-dealkylation sites (tertiary alicyclic amines) is 1. The van der Waals surface area contributed by atoms with Gasteiger partial charge in [-0.05, 0) is 25.3 Å². The third-order valence-electron chi connectivity index (χ3n) is 5.42. The summed E-state index contributed by atoms with van der Waals surface area (Å²) in [5.74, 6) is 1.35. The van der Waals surface area contributed by atoms with Crippen molar-refractivity contribution >= 4 is 41.3 Å². The summed E-state index contributed by atoms with van der Waals surface area (Å²) >= 11 is 1.74. The highest BCUT2D eigenvalue weighted by Gasteiger charge is 2.24. The summed E-state index contributed by atoms with van der Waals surface area (Å²) in [6, 6.07) is 11.7. The molecule has 2 N–H and O–H groups in total. The molecule has 1 aliphatic heterocycles. The number of aliphatic imine (C=N–C) groups is 1. The monoisotopic (exact) mass is 527 g/mol. The van der Waals surface area contributed by atoms with Crippen LogP contribution in [-0.4, -0.2) is 42.0 Å². The lowest BCUT2D eigenvalue weighted by atomic mass is 10.0. The summed E-state index contributed by atoms with van der Waals surface area (Å²) < 4.78 is 0. The molecular formula is C22H34IN5S. The van der Waals surface area contributed by atoms with Crippen molar-refractivity contribution in [3.63, 3.8) is 0 Å². The Balaban J connectivity index is 0.00000300. The quantitative estimate of drug-likeness (QED) is 0.323. The first-order chi connectivity index (χ1) is 13.6. The number of guanidine groups is 1. The molecule has 1 atom stereocenters. The van der Waals surface area contributed by atoms with Crippen molar-refractivity contribution in [1.82, 2.24) is 20.5 Å². The zero-order chi connectivity index (χ0) is 19.9. The van der Waals surface area contributed by atoms with E-state index in [1.165, 1.54) is 10.6 Å². The molecule has 0 amide bonds. The second kappa shape index (κ2) is 11.9. The lowest BCUT2D eigenvalue weighted by Crippen LogP contribution is -2.48. The molecule has 1 aromatic carbocycles. The number of hydrogen-bond acceptors (Lipinski definition) is 4. The van der Waals surface area contributed by atoms with E-state index in [1.54, 1.807) is 11.3 Å². The first-order valence-corrected chi connectivity index (χ1v) is 11.1. The lowest BCUT2D eigenvalue weighted by Gasteiger charge is -2.37. The summed E-state index contributed by atoms with van der Waals surface area (Å²) in [7, 11) is 1.84. The van der Waals surface area contributed by atoms with Gasteiger partial charge in [-0.15, -0.1) is 35.3 Å². The van der Waals surface area contributed by atoms with Crippen LogP contribution in [0.1, 0.15) is 61.8 Å². The molecule has 160 valence electrons. The lowest BCUT2D eigenvalue weighted by molar-refractivity contribution is 0.158. The molecule has 7 heteroatoms. The summed E-state index contributed by atoms with van der Waals surface area (Å²) in [5, 5.41) is 10.3. The highest BCUT2D eigenvalue weighted by Crippen LogP contribution is 2.24. The molecule has 1 unspecified atom stereocenters. The Morgan fingerprint density at radius 2 is 1.90 bits per heavy atom. The molecule has 1 fully saturated rings. The minimum Gasteiger partial charge on any atom is -0.354 e. The fraction of sp³-hybridized carbons (Fsp3) is 0.545. The molecule has 3 rings (SSSR count). The fourth-order valence-electron chi connectivity index (χ4n) is 3.60. The van der Waals surface area contributed by atoms with Crippen molar-refractivity contribution in [2.75, 3.05) is 20.1 Å². The number of nitrogens with one attached hydrogen (secondary N) is 2. The number of piperidine rings is 1. The Hall–Kier alpha value is -1.19. The summed E-state index contributed by atoms with van der Waals surface area (Å²) in [4.78, 5) is 11.7. The van der Waals surface area contributed by atoms with Crippen LogP contribution in [0.15, 0.2) is 40.7 Å². The van der Waals surface area contributed by atoms with E-state index >= 15 is 0 Å². The van der Waals surface area contributed by atoms with Gasteiger partial charge in [-0.3, -0.25) is 9.89 Å². The number of rotatable bonds is 6. The molecule has 1 aromatic heterocycles. The van der Waals surface area contributed by atoms with Gasteiger partial charge in [-0.1, -0.05) is 44.2 Å². The van der Waals surface area contributed by atoms with Gasteiger partial charge in [0.15, 0.2) is 5.96 Å². The van der Waals surface area contributed by atoms with E-state index in [0.717, 1.165) is 37.6 Å². The maximum absolute atomic E-state index is 4.69. The zero-order valence-corrected chi connectivity index (χ0v) is 21.0. The Morgan fingerprint density at radius 1 is 1.21 bits per heavy atom. The molecule has 0 saturated carbocycles. The summed E-state index contributed by atoms with van der Waals surface area (Å²) in [6.45, 7) is 9.60. The summed E-state index contributed by atoms with van der Waals surface area (Å²) in [5.41, 5.74) is 2.48. The zero-order valence-electron chi connectivity index (χ0n) is 17.9. The largest absolute Gasteiger partial charge is 0.354 e. The van der Waals surface area contributed by atoms with Gasteiger partial charge in [0.05, 0.1) is 17.2 Å². The Kier molecular flexibility index (Phi) is 9.85. The molecule has 29 heavy (non-hydrogen) atoms. The Labute approximate surface area is 196 Å². The predicted molar refractivity (Wildman–Crippen MR) is 134 cm³/mol. The van der Waals surface area contributed by atoms with Crippen LogP contribution >= 0.6 is 35.3 Å². The summed E-state index contributed by atoms with van der Waals surface area (Å²) in [6.07, 6.45) is 2.26. The number of halogens is 1. The van der Waals surface area contributed by atoms with Crippen LogP contribution in [-0.2, 0) is 6.54 Å². The standard InChI is InChI=1S/C22H33N5S.HI/c1-16(2)21-25-20(15-28-21)14-24-22(23-4)26-19-10-12-27(13-11-19)17(3)18-8-6-5-7-9-18;/h5-9,15-17,19H,10-14H2,1-4H3,(H2,23,24,26);1H. The average molecular weight is 528 g/mol. The van der Waals surface area contributed by atoms with E-state index < -0.39 is 0 Å². The highest BCUT2D eigenvalue weighted by molar-refractivity contribution is 14.0. The SMILES string of the molecule is CN=C(NCc1csc(C(C)C)n1)NC1CCN(C(C)c2ccccc2)CC1.I. The van der Waals surface area contributed by atoms with Gasteiger partial charge < -0.3 is 10.6 Å². The van der Waals surface area contributed by atoms with E-state index in [0.29, 0.717) is 24.5 Å². The van der Waals surface area contributed by atoms with E-state index in [9.17, 15) is 0 Å². The van der Waals surface area contributed by atoms with Gasteiger partial charge in [-0.2, -0.15) is 0 Å². The van der Waals surface area contributed by atoms with Crippen LogP contribution in [0, 0.1) is 0 Å². The first kappa shape index (κ1) is 24.1. The van der Waals surface area contributed by atoms with Crippen molar-refractivity contribution < 1.29 is 0 Å². The average Bonchev–Trinajstić information content (AvgIpc) is 3.21. The van der Waals surface area contributed by atoms with E-state index in [4.69, 9.17) is 0 Å². The number of benzene rings is 1. The molecular weight excluding hydrogens is 493 g/mol. The van der Waals surface area contributed by atoms with Gasteiger partial charge in [0.1, 0.15) is 0 Å². The van der Waals surface area contributed by atoms with Crippen molar-refractivity contribution in [1.29, 1.82) is 0 Å². The molecule has 2 aromatic rings. The number of nitrogens with zero attached hydrogens (tertiary/aromatic N) is 3. The predicted octanol–water partition coefficient (Wildman–Crippen LogP) is 4.78. The topological polar surface area (TPSA) is 52.6 Å². The van der Waals surface area contributed by atoms with E-state index in [1.807, 2.05) is 7.05 Å². The third kappa shape index (κ3) is 6.93. The number of hydrogen-bond donors (Lipinski definition) is 2. The third-order valence-corrected chi connectivity index (χ3v) is 6.62. The highest BCUT2D eigenvalue weighted by atomic mass is 127. The van der Waals surface area contributed by atoms with Gasteiger partial charge in [0.25, 0.3) is 0 Å². The van der Waals surface area contributed by atoms with E-state index in [-0.39, 0.29) is 24.0 Å². The minimum atomic E-state index is 0. The van der Waals surface area contributed by atoms with Crippen LogP contribution in [0.3, 0.4) is 0 Å². The van der Waals surface area contributed by atoms with Gasteiger partial charge in [0, 0.05) is 43.5 Å². The van der Waals surface area contributed by atoms with E-state index in [2.05, 4.69) is 82.0 Å². The second-order valence-corrected chi connectivity index (χ2v) is 8.69. The normalized spacial score (nSPS) is 17.1. The molecule has 0 spiro atoms.